The van der Waals surface area contributed by atoms with Gasteiger partial charge in [0.1, 0.15) is 30.3 Å². The Kier molecular flexibility index (Phi) is 13.8. The van der Waals surface area contributed by atoms with Gasteiger partial charge in [-0.1, -0.05) is 58.0 Å². The average Bonchev–Trinajstić information content (AvgIpc) is 2.86. The molecule has 0 aromatic heterocycles. The maximum absolute atomic E-state index is 13.2. The van der Waals surface area contributed by atoms with Crippen molar-refractivity contribution in [3.05, 3.63) is 35.9 Å². The van der Waals surface area contributed by atoms with Crippen LogP contribution in [-0.4, -0.2) is 66.0 Å². The second-order valence-electron chi connectivity index (χ2n) is 11.2. The summed E-state index contributed by atoms with van der Waals surface area (Å²) in [5, 5.41) is 9.77. The molecule has 0 aliphatic rings. The highest BCUT2D eigenvalue weighted by atomic mass is 16.6. The Morgan fingerprint density at radius 2 is 1.41 bits per heavy atom. The molecule has 0 aliphatic heterocycles. The van der Waals surface area contributed by atoms with Crippen molar-refractivity contribution in [1.82, 2.24) is 21.3 Å². The van der Waals surface area contributed by atoms with Gasteiger partial charge in [-0.2, -0.15) is 0 Å². The van der Waals surface area contributed by atoms with Gasteiger partial charge in [-0.3, -0.25) is 24.0 Å². The summed E-state index contributed by atoms with van der Waals surface area (Å²) in [6.45, 7) is 11.2. The van der Waals surface area contributed by atoms with Crippen molar-refractivity contribution in [2.45, 2.75) is 85.2 Å². The van der Waals surface area contributed by atoms with E-state index in [9.17, 15) is 28.8 Å². The van der Waals surface area contributed by atoms with Crippen LogP contribution in [0.5, 0.6) is 0 Å². The van der Waals surface area contributed by atoms with Crippen molar-refractivity contribution in [3.63, 3.8) is 0 Å². The third kappa shape index (κ3) is 13.6. The van der Waals surface area contributed by atoms with Crippen LogP contribution in [0.2, 0.25) is 0 Å². The minimum absolute atomic E-state index is 0.0695. The van der Waals surface area contributed by atoms with Crippen LogP contribution in [0.1, 0.15) is 60.5 Å². The van der Waals surface area contributed by atoms with Crippen LogP contribution in [0, 0.1) is 11.8 Å². The molecular weight excluding hydrogens is 534 g/mol. The second kappa shape index (κ2) is 16.2. The summed E-state index contributed by atoms with van der Waals surface area (Å²) < 4.78 is 10.5. The van der Waals surface area contributed by atoms with Gasteiger partial charge in [-0.05, 0) is 38.2 Å². The van der Waals surface area contributed by atoms with Crippen LogP contribution in [0.3, 0.4) is 0 Å². The normalized spacial score (nSPS) is 13.4. The molecule has 0 fully saturated rings. The van der Waals surface area contributed by atoms with Gasteiger partial charge in [0.15, 0.2) is 0 Å². The minimum Gasteiger partial charge on any atom is -0.460 e. The Labute approximate surface area is 240 Å². The third-order valence-electron chi connectivity index (χ3n) is 5.57. The zero-order chi connectivity index (χ0) is 31.3. The number of carbonyl (C=O) groups is 6. The molecule has 0 saturated carbocycles. The Hall–Kier alpha value is -4.16. The first-order valence-corrected chi connectivity index (χ1v) is 13.4. The zero-order valence-corrected chi connectivity index (χ0v) is 24.7. The predicted octanol–water partition coefficient (Wildman–Crippen LogP) is 0.896. The molecule has 1 rings (SSSR count). The lowest BCUT2D eigenvalue weighted by Crippen LogP contribution is -2.57. The molecule has 0 radical (unpaired) electrons. The number of benzene rings is 1. The van der Waals surface area contributed by atoms with Crippen molar-refractivity contribution in [2.24, 2.45) is 17.6 Å². The molecule has 41 heavy (non-hydrogen) atoms. The summed E-state index contributed by atoms with van der Waals surface area (Å²) in [5.41, 5.74) is 5.18. The molecular formula is C28H43N5O8. The van der Waals surface area contributed by atoms with Gasteiger partial charge < -0.3 is 36.5 Å². The summed E-state index contributed by atoms with van der Waals surface area (Å²) in [6.07, 6.45) is -1.48. The quantitative estimate of drug-likeness (QED) is 0.201. The van der Waals surface area contributed by atoms with Crippen LogP contribution in [0.25, 0.3) is 0 Å². The summed E-state index contributed by atoms with van der Waals surface area (Å²) in [7, 11) is 0. The standard InChI is InChI=1S/C28H43N5O8/c1-16(2)22(24(29)36)32-20(34)14-30-26(38)23(17(3)4)33-25(37)19(13-21(35)41-28(5,6)7)31-27(39)40-15-18-11-9-8-10-12-18/h8-12,16-17,19,22-23H,13-15H2,1-7H3,(H2,29,36)(H,30,38)(H,31,39)(H,32,34)(H,33,37)/t19-,22-,23-/m0/s1. The summed E-state index contributed by atoms with van der Waals surface area (Å²) in [5.74, 6) is -4.33. The zero-order valence-electron chi connectivity index (χ0n) is 24.7. The van der Waals surface area contributed by atoms with Gasteiger partial charge in [0, 0.05) is 0 Å². The highest BCUT2D eigenvalue weighted by Gasteiger charge is 2.32. The first kappa shape index (κ1) is 34.9. The van der Waals surface area contributed by atoms with Gasteiger partial charge in [-0.15, -0.1) is 0 Å². The average molecular weight is 578 g/mol. The first-order chi connectivity index (χ1) is 19.0. The number of hydrogen-bond acceptors (Lipinski definition) is 8. The van der Waals surface area contributed by atoms with Gasteiger partial charge >= 0.3 is 12.1 Å². The molecule has 3 atom stereocenters. The van der Waals surface area contributed by atoms with Crippen molar-refractivity contribution in [1.29, 1.82) is 0 Å². The lowest BCUT2D eigenvalue weighted by atomic mass is 10.0. The van der Waals surface area contributed by atoms with Crippen LogP contribution in [-0.2, 0) is 40.1 Å². The van der Waals surface area contributed by atoms with Crippen LogP contribution in [0.15, 0.2) is 30.3 Å². The second-order valence-corrected chi connectivity index (χ2v) is 11.2. The van der Waals surface area contributed by atoms with E-state index in [1.165, 1.54) is 0 Å². The van der Waals surface area contributed by atoms with Crippen molar-refractivity contribution in [3.8, 4) is 0 Å². The summed E-state index contributed by atoms with van der Waals surface area (Å²) in [6, 6.07) is 5.39. The molecule has 1 aromatic carbocycles. The fourth-order valence-corrected chi connectivity index (χ4v) is 3.52. The number of carbonyl (C=O) groups excluding carboxylic acids is 6. The molecule has 228 valence electrons. The Bertz CT molecular complexity index is 1070. The number of esters is 1. The number of nitrogens with one attached hydrogen (secondary N) is 4. The summed E-state index contributed by atoms with van der Waals surface area (Å²) >= 11 is 0. The topological polar surface area (TPSA) is 195 Å². The lowest BCUT2D eigenvalue weighted by molar-refractivity contribution is -0.156. The largest absolute Gasteiger partial charge is 0.460 e. The van der Waals surface area contributed by atoms with Crippen molar-refractivity contribution in [2.75, 3.05) is 6.54 Å². The molecule has 6 N–H and O–H groups in total. The van der Waals surface area contributed by atoms with E-state index in [-0.39, 0.29) is 12.5 Å². The highest BCUT2D eigenvalue weighted by Crippen LogP contribution is 2.11. The van der Waals surface area contributed by atoms with Crippen molar-refractivity contribution >= 4 is 35.7 Å². The Morgan fingerprint density at radius 3 is 1.93 bits per heavy atom. The molecule has 0 saturated heterocycles. The predicted molar refractivity (Wildman–Crippen MR) is 150 cm³/mol. The monoisotopic (exact) mass is 577 g/mol. The molecule has 5 amide bonds. The molecule has 0 aliphatic carbocycles. The summed E-state index contributed by atoms with van der Waals surface area (Å²) in [4.78, 5) is 74.9. The van der Waals surface area contributed by atoms with E-state index in [0.717, 1.165) is 0 Å². The number of primary amides is 1. The minimum atomic E-state index is -1.42. The number of alkyl carbamates (subject to hydrolysis) is 1. The van der Waals surface area contributed by atoms with E-state index in [4.69, 9.17) is 15.2 Å². The van der Waals surface area contributed by atoms with E-state index >= 15 is 0 Å². The molecule has 0 unspecified atom stereocenters. The SMILES string of the molecule is CC(C)[C@H](NC(=O)CNC(=O)[C@@H](NC(=O)[C@H](CC(=O)OC(C)(C)C)NC(=O)OCc1ccccc1)C(C)C)C(N)=O. The number of amides is 5. The van der Waals surface area contributed by atoms with E-state index in [2.05, 4.69) is 21.3 Å². The molecule has 0 heterocycles. The van der Waals surface area contributed by atoms with Crippen molar-refractivity contribution < 1.29 is 38.2 Å². The number of hydrogen-bond donors (Lipinski definition) is 5. The third-order valence-corrected chi connectivity index (χ3v) is 5.57. The van der Waals surface area contributed by atoms with Crippen LogP contribution >= 0.6 is 0 Å². The van der Waals surface area contributed by atoms with Gasteiger partial charge in [0.2, 0.25) is 23.6 Å². The lowest BCUT2D eigenvalue weighted by Gasteiger charge is -2.26. The van der Waals surface area contributed by atoms with E-state index in [1.54, 1.807) is 72.7 Å². The fraction of sp³-hybridized carbons (Fsp3) is 0.571. The fourth-order valence-electron chi connectivity index (χ4n) is 3.52. The van der Waals surface area contributed by atoms with E-state index in [1.807, 2.05) is 6.07 Å². The highest BCUT2D eigenvalue weighted by molar-refractivity contribution is 5.95. The van der Waals surface area contributed by atoms with Crippen LogP contribution in [0.4, 0.5) is 4.79 Å². The maximum Gasteiger partial charge on any atom is 0.408 e. The molecule has 13 nitrogen and oxygen atoms in total. The number of nitrogens with two attached hydrogens (primary N) is 1. The smallest absolute Gasteiger partial charge is 0.408 e. The van der Waals surface area contributed by atoms with Gasteiger partial charge in [-0.25, -0.2) is 4.79 Å². The number of ether oxygens (including phenoxy) is 2. The van der Waals surface area contributed by atoms with Gasteiger partial charge in [0.05, 0.1) is 13.0 Å². The van der Waals surface area contributed by atoms with E-state index in [0.29, 0.717) is 5.56 Å². The molecule has 1 aromatic rings. The van der Waals surface area contributed by atoms with Gasteiger partial charge in [0.25, 0.3) is 0 Å². The first-order valence-electron chi connectivity index (χ1n) is 13.4. The van der Waals surface area contributed by atoms with E-state index < -0.39 is 78.3 Å². The number of rotatable bonds is 14. The molecule has 0 spiro atoms. The molecule has 13 heteroatoms. The Balaban J connectivity index is 2.92. The van der Waals surface area contributed by atoms with Crippen LogP contribution < -0.4 is 27.0 Å². The maximum atomic E-state index is 13.2. The Morgan fingerprint density at radius 1 is 0.829 bits per heavy atom. The molecule has 0 bridgehead atoms.